The third-order valence-corrected chi connectivity index (χ3v) is 5.41. The van der Waals surface area contributed by atoms with E-state index in [-0.39, 0.29) is 17.6 Å². The Morgan fingerprint density at radius 1 is 1.00 bits per heavy atom. The zero-order chi connectivity index (χ0) is 21.3. The molecule has 0 spiro atoms. The Labute approximate surface area is 180 Å². The summed E-state index contributed by atoms with van der Waals surface area (Å²) in [7, 11) is 0. The second-order valence-electron chi connectivity index (χ2n) is 6.69. The van der Waals surface area contributed by atoms with E-state index in [0.29, 0.717) is 23.4 Å². The van der Waals surface area contributed by atoms with Crippen molar-refractivity contribution in [3.63, 3.8) is 0 Å². The van der Waals surface area contributed by atoms with E-state index < -0.39 is 0 Å². The van der Waals surface area contributed by atoms with Crippen LogP contribution < -0.4 is 10.6 Å². The number of carbonyl (C=O) groups is 2. The number of benzene rings is 3. The van der Waals surface area contributed by atoms with Crippen LogP contribution in [0, 0.1) is 18.3 Å². The van der Waals surface area contributed by atoms with E-state index in [4.69, 9.17) is 5.26 Å². The van der Waals surface area contributed by atoms with Gasteiger partial charge in [-0.2, -0.15) is 5.26 Å². The number of rotatable bonds is 7. The third-order valence-electron chi connectivity index (χ3n) is 4.34. The smallest absolute Gasteiger partial charge is 0.252 e. The van der Waals surface area contributed by atoms with Crippen LogP contribution in [0.25, 0.3) is 0 Å². The van der Waals surface area contributed by atoms with E-state index in [2.05, 4.69) is 10.6 Å². The minimum atomic E-state index is -0.204. The Morgan fingerprint density at radius 3 is 2.53 bits per heavy atom. The molecule has 150 valence electrons. The lowest BCUT2D eigenvalue weighted by molar-refractivity contribution is -0.113. The van der Waals surface area contributed by atoms with E-state index in [9.17, 15) is 9.59 Å². The highest BCUT2D eigenvalue weighted by atomic mass is 32.2. The van der Waals surface area contributed by atoms with Gasteiger partial charge in [-0.3, -0.25) is 9.59 Å². The van der Waals surface area contributed by atoms with Crippen LogP contribution in [0.5, 0.6) is 0 Å². The molecular weight excluding hydrogens is 394 g/mol. The molecule has 0 saturated carbocycles. The minimum absolute atomic E-state index is 0.152. The zero-order valence-corrected chi connectivity index (χ0v) is 17.3. The highest BCUT2D eigenvalue weighted by Crippen LogP contribution is 2.23. The summed E-state index contributed by atoms with van der Waals surface area (Å²) in [5.74, 6) is -0.232. The largest absolute Gasteiger partial charge is 0.348 e. The van der Waals surface area contributed by atoms with E-state index in [1.54, 1.807) is 36.4 Å². The fraction of sp³-hybridized carbons (Fsp3) is 0.125. The molecule has 0 fully saturated rings. The Balaban J connectivity index is 1.59. The molecule has 3 rings (SSSR count). The van der Waals surface area contributed by atoms with Gasteiger partial charge in [-0.1, -0.05) is 48.0 Å². The van der Waals surface area contributed by atoms with Crippen LogP contribution >= 0.6 is 11.8 Å². The Bertz CT molecular complexity index is 1090. The number of aryl methyl sites for hydroxylation is 1. The maximum atomic E-state index is 12.7. The summed E-state index contributed by atoms with van der Waals surface area (Å²) in [6, 6.07) is 24.0. The van der Waals surface area contributed by atoms with Gasteiger partial charge < -0.3 is 10.6 Å². The first-order valence-electron chi connectivity index (χ1n) is 9.41. The summed E-state index contributed by atoms with van der Waals surface area (Å²) >= 11 is 1.30. The number of thioether (sulfide) groups is 1. The summed E-state index contributed by atoms with van der Waals surface area (Å²) in [6.45, 7) is 2.46. The third kappa shape index (κ3) is 5.97. The second-order valence-corrected chi connectivity index (χ2v) is 7.71. The molecule has 0 aliphatic carbocycles. The van der Waals surface area contributed by atoms with E-state index >= 15 is 0 Å². The van der Waals surface area contributed by atoms with Gasteiger partial charge in [0.05, 0.1) is 22.9 Å². The van der Waals surface area contributed by atoms with Crippen LogP contribution in [-0.4, -0.2) is 17.6 Å². The number of hydrogen-bond acceptors (Lipinski definition) is 4. The summed E-state index contributed by atoms with van der Waals surface area (Å²) in [5, 5.41) is 14.7. The highest BCUT2D eigenvalue weighted by Gasteiger charge is 2.13. The van der Waals surface area contributed by atoms with Crippen LogP contribution in [0.2, 0.25) is 0 Å². The number of nitrogens with zero attached hydrogens (tertiary/aromatic N) is 1. The summed E-state index contributed by atoms with van der Waals surface area (Å²) in [5.41, 5.74) is 3.79. The van der Waals surface area contributed by atoms with Gasteiger partial charge in [-0.05, 0) is 42.8 Å². The number of carbonyl (C=O) groups excluding carboxylic acids is 2. The van der Waals surface area contributed by atoms with Crippen molar-refractivity contribution >= 4 is 29.3 Å². The van der Waals surface area contributed by atoms with Crippen LogP contribution in [0.1, 0.15) is 27.0 Å². The van der Waals surface area contributed by atoms with Crippen molar-refractivity contribution in [2.45, 2.75) is 18.4 Å². The molecule has 6 heteroatoms. The zero-order valence-electron chi connectivity index (χ0n) is 16.5. The first-order chi connectivity index (χ1) is 14.5. The lowest BCUT2D eigenvalue weighted by Crippen LogP contribution is -2.23. The van der Waals surface area contributed by atoms with Crippen molar-refractivity contribution in [3.05, 3.63) is 95.1 Å². The summed E-state index contributed by atoms with van der Waals surface area (Å²) < 4.78 is 0. The van der Waals surface area contributed by atoms with Gasteiger partial charge in [0, 0.05) is 17.1 Å². The monoisotopic (exact) mass is 415 g/mol. The number of anilines is 1. The van der Waals surface area contributed by atoms with Crippen LogP contribution in [0.4, 0.5) is 5.69 Å². The lowest BCUT2D eigenvalue weighted by Gasteiger charge is -2.10. The minimum Gasteiger partial charge on any atom is -0.348 e. The van der Waals surface area contributed by atoms with Crippen LogP contribution in [0.3, 0.4) is 0 Å². The van der Waals surface area contributed by atoms with E-state index in [1.807, 2.05) is 49.4 Å². The molecule has 0 atom stereocenters. The Kier molecular flexibility index (Phi) is 7.25. The molecule has 0 radical (unpaired) electrons. The molecule has 0 bridgehead atoms. The average molecular weight is 416 g/mol. The molecule has 0 unspecified atom stereocenters. The van der Waals surface area contributed by atoms with Crippen molar-refractivity contribution in [1.82, 2.24) is 5.32 Å². The fourth-order valence-corrected chi connectivity index (χ4v) is 3.62. The van der Waals surface area contributed by atoms with Gasteiger partial charge in [0.15, 0.2) is 0 Å². The second kappa shape index (κ2) is 10.3. The maximum Gasteiger partial charge on any atom is 0.252 e. The van der Waals surface area contributed by atoms with E-state index in [1.165, 1.54) is 17.3 Å². The molecule has 2 N–H and O–H groups in total. The SMILES string of the molecule is Cc1ccc(CNC(=O)c2ccccc2SCC(=O)Nc2cccc(C#N)c2)cc1. The number of nitrogens with one attached hydrogen (secondary N) is 2. The molecule has 0 saturated heterocycles. The molecule has 0 aliphatic rings. The predicted molar refractivity (Wildman–Crippen MR) is 119 cm³/mol. The number of amides is 2. The van der Waals surface area contributed by atoms with Crippen LogP contribution in [-0.2, 0) is 11.3 Å². The van der Waals surface area contributed by atoms with Crippen molar-refractivity contribution in [2.24, 2.45) is 0 Å². The Hall–Kier alpha value is -3.56. The molecule has 5 nitrogen and oxygen atoms in total. The summed E-state index contributed by atoms with van der Waals surface area (Å²) in [6.07, 6.45) is 0. The van der Waals surface area contributed by atoms with Gasteiger partial charge in [-0.15, -0.1) is 11.8 Å². The van der Waals surface area contributed by atoms with Gasteiger partial charge in [-0.25, -0.2) is 0 Å². The number of nitriles is 1. The average Bonchev–Trinajstić information content (AvgIpc) is 2.77. The van der Waals surface area contributed by atoms with Crippen molar-refractivity contribution < 1.29 is 9.59 Å². The molecule has 30 heavy (non-hydrogen) atoms. The Morgan fingerprint density at radius 2 is 1.77 bits per heavy atom. The van der Waals surface area contributed by atoms with Gasteiger partial charge in [0.2, 0.25) is 5.91 Å². The molecule has 3 aromatic rings. The number of hydrogen-bond donors (Lipinski definition) is 2. The van der Waals surface area contributed by atoms with Crippen molar-refractivity contribution in [2.75, 3.05) is 11.1 Å². The first kappa shape index (κ1) is 21.2. The molecule has 2 amide bonds. The van der Waals surface area contributed by atoms with Gasteiger partial charge in [0.1, 0.15) is 0 Å². The van der Waals surface area contributed by atoms with Crippen molar-refractivity contribution in [3.8, 4) is 6.07 Å². The maximum absolute atomic E-state index is 12.7. The normalized spacial score (nSPS) is 10.1. The van der Waals surface area contributed by atoms with Gasteiger partial charge in [0.25, 0.3) is 5.91 Å². The quantitative estimate of drug-likeness (QED) is 0.556. The molecule has 0 aromatic heterocycles. The summed E-state index contributed by atoms with van der Waals surface area (Å²) in [4.78, 5) is 25.7. The molecule has 0 heterocycles. The molecular formula is C24H21N3O2S. The topological polar surface area (TPSA) is 82.0 Å². The first-order valence-corrected chi connectivity index (χ1v) is 10.4. The molecule has 0 aliphatic heterocycles. The van der Waals surface area contributed by atoms with E-state index in [0.717, 1.165) is 10.5 Å². The van der Waals surface area contributed by atoms with Crippen LogP contribution in [0.15, 0.2) is 77.7 Å². The van der Waals surface area contributed by atoms with Gasteiger partial charge >= 0.3 is 0 Å². The highest BCUT2D eigenvalue weighted by molar-refractivity contribution is 8.00. The fourth-order valence-electron chi connectivity index (χ4n) is 2.77. The molecule has 3 aromatic carbocycles. The van der Waals surface area contributed by atoms with Crippen molar-refractivity contribution in [1.29, 1.82) is 5.26 Å². The predicted octanol–water partition coefficient (Wildman–Crippen LogP) is 4.53. The standard InChI is InChI=1S/C24H21N3O2S/c1-17-9-11-18(12-10-17)15-26-24(29)21-7-2-3-8-22(21)30-16-23(28)27-20-6-4-5-19(13-20)14-25/h2-13H,15-16H2,1H3,(H,26,29)(H,27,28). The lowest BCUT2D eigenvalue weighted by atomic mass is 10.1.